The zero-order valence-electron chi connectivity index (χ0n) is 10.2. The Bertz CT molecular complexity index is 480. The van der Waals surface area contributed by atoms with Crippen molar-refractivity contribution in [2.45, 2.75) is 20.3 Å². The van der Waals surface area contributed by atoms with Crippen molar-refractivity contribution in [2.24, 2.45) is 20.0 Å². The maximum atomic E-state index is 4.54. The summed E-state index contributed by atoms with van der Waals surface area (Å²) in [6, 6.07) is 1.95. The van der Waals surface area contributed by atoms with Gasteiger partial charge in [-0.1, -0.05) is 13.8 Å². The van der Waals surface area contributed by atoms with E-state index in [1.165, 1.54) is 0 Å². The smallest absolute Gasteiger partial charge is 0.176 e. The van der Waals surface area contributed by atoms with E-state index in [-0.39, 0.29) is 0 Å². The van der Waals surface area contributed by atoms with Gasteiger partial charge in [-0.15, -0.1) is 0 Å². The largest absolute Gasteiger partial charge is 0.265 e. The molecule has 0 N–H and O–H groups in total. The molecule has 5 heteroatoms. The Kier molecular flexibility index (Phi) is 2.77. The Morgan fingerprint density at radius 1 is 1.25 bits per heavy atom. The minimum absolute atomic E-state index is 0.571. The zero-order valence-corrected chi connectivity index (χ0v) is 10.2. The van der Waals surface area contributed by atoms with Crippen LogP contribution in [0.25, 0.3) is 11.5 Å². The second-order valence-electron chi connectivity index (χ2n) is 4.41. The Balaban J connectivity index is 2.36. The third-order valence-corrected chi connectivity index (χ3v) is 2.45. The molecule has 0 aliphatic rings. The maximum Gasteiger partial charge on any atom is 0.176 e. The molecular weight excluding hydrogens is 202 g/mol. The zero-order chi connectivity index (χ0) is 11.7. The van der Waals surface area contributed by atoms with E-state index in [1.54, 1.807) is 6.20 Å². The number of rotatable bonds is 3. The van der Waals surface area contributed by atoms with Gasteiger partial charge < -0.3 is 0 Å². The molecule has 0 aromatic carbocycles. The van der Waals surface area contributed by atoms with E-state index in [1.807, 2.05) is 29.5 Å². The molecule has 0 fully saturated rings. The van der Waals surface area contributed by atoms with Crippen LogP contribution in [0.1, 0.15) is 19.7 Å². The molecule has 0 spiro atoms. The van der Waals surface area contributed by atoms with Gasteiger partial charge in [-0.05, 0) is 12.0 Å². The van der Waals surface area contributed by atoms with E-state index in [2.05, 4.69) is 29.0 Å². The van der Waals surface area contributed by atoms with E-state index >= 15 is 0 Å². The second-order valence-corrected chi connectivity index (χ2v) is 4.41. The summed E-state index contributed by atoms with van der Waals surface area (Å²) in [7, 11) is 3.82. The van der Waals surface area contributed by atoms with Crippen molar-refractivity contribution in [2.75, 3.05) is 0 Å². The van der Waals surface area contributed by atoms with Crippen LogP contribution < -0.4 is 0 Å². The van der Waals surface area contributed by atoms with E-state index in [4.69, 9.17) is 0 Å². The summed E-state index contributed by atoms with van der Waals surface area (Å²) in [5.41, 5.74) is 0.991. The molecule has 5 nitrogen and oxygen atoms in total. The van der Waals surface area contributed by atoms with Crippen LogP contribution in [0, 0.1) is 5.92 Å². The first-order valence-electron chi connectivity index (χ1n) is 5.46. The van der Waals surface area contributed by atoms with Gasteiger partial charge in [0.25, 0.3) is 0 Å². The van der Waals surface area contributed by atoms with Crippen LogP contribution in [0.2, 0.25) is 0 Å². The summed E-state index contributed by atoms with van der Waals surface area (Å²) in [6.45, 7) is 4.33. The average Bonchev–Trinajstić information content (AvgIpc) is 2.71. The van der Waals surface area contributed by atoms with Crippen molar-refractivity contribution >= 4 is 0 Å². The van der Waals surface area contributed by atoms with Crippen molar-refractivity contribution < 1.29 is 0 Å². The number of aromatic nitrogens is 5. The normalized spacial score (nSPS) is 11.3. The monoisotopic (exact) mass is 219 g/mol. The highest BCUT2D eigenvalue weighted by molar-refractivity contribution is 5.48. The lowest BCUT2D eigenvalue weighted by Gasteiger charge is -1.99. The quantitative estimate of drug-likeness (QED) is 0.784. The molecule has 2 aromatic rings. The van der Waals surface area contributed by atoms with Crippen molar-refractivity contribution in [3.8, 4) is 11.5 Å². The van der Waals surface area contributed by atoms with Crippen molar-refractivity contribution in [3.05, 3.63) is 18.1 Å². The first kappa shape index (κ1) is 10.9. The first-order chi connectivity index (χ1) is 7.58. The third-order valence-electron chi connectivity index (χ3n) is 2.45. The van der Waals surface area contributed by atoms with Gasteiger partial charge in [-0.2, -0.15) is 10.2 Å². The molecule has 2 aromatic heterocycles. The van der Waals surface area contributed by atoms with Crippen LogP contribution in [0.4, 0.5) is 0 Å². The molecule has 0 saturated carbocycles. The predicted molar refractivity (Wildman–Crippen MR) is 61.7 cm³/mol. The molecule has 16 heavy (non-hydrogen) atoms. The molecule has 0 aliphatic heterocycles. The molecule has 86 valence electrons. The summed E-state index contributed by atoms with van der Waals surface area (Å²) in [4.78, 5) is 4.54. The minimum Gasteiger partial charge on any atom is -0.265 e. The lowest BCUT2D eigenvalue weighted by atomic mass is 10.1. The fourth-order valence-electron chi connectivity index (χ4n) is 1.71. The van der Waals surface area contributed by atoms with Gasteiger partial charge >= 0.3 is 0 Å². The van der Waals surface area contributed by atoms with Gasteiger partial charge in [0.15, 0.2) is 11.6 Å². The fourth-order valence-corrected chi connectivity index (χ4v) is 1.71. The Morgan fingerprint density at radius 3 is 2.56 bits per heavy atom. The summed E-state index contributed by atoms with van der Waals surface area (Å²) < 4.78 is 3.62. The van der Waals surface area contributed by atoms with Crippen molar-refractivity contribution in [3.63, 3.8) is 0 Å². The number of nitrogens with zero attached hydrogens (tertiary/aromatic N) is 5. The van der Waals surface area contributed by atoms with E-state index in [0.717, 1.165) is 23.8 Å². The predicted octanol–water partition coefficient (Wildman–Crippen LogP) is 1.41. The van der Waals surface area contributed by atoms with Gasteiger partial charge in [-0.3, -0.25) is 4.68 Å². The summed E-state index contributed by atoms with van der Waals surface area (Å²) in [5, 5.41) is 8.55. The molecule has 0 amide bonds. The maximum absolute atomic E-state index is 4.54. The number of aryl methyl sites for hydroxylation is 2. The van der Waals surface area contributed by atoms with Gasteiger partial charge in [0.1, 0.15) is 5.69 Å². The topological polar surface area (TPSA) is 48.5 Å². The molecule has 0 bridgehead atoms. The van der Waals surface area contributed by atoms with Crippen LogP contribution in [-0.2, 0) is 20.5 Å². The van der Waals surface area contributed by atoms with Gasteiger partial charge in [0, 0.05) is 26.7 Å². The minimum atomic E-state index is 0.571. The first-order valence-corrected chi connectivity index (χ1v) is 5.46. The SMILES string of the molecule is CC(C)Cc1nc(-c2ccnn2C)n(C)n1. The highest BCUT2D eigenvalue weighted by Crippen LogP contribution is 2.16. The standard InChI is InChI=1S/C11H17N5/c1-8(2)7-10-13-11(16(4)14-10)9-5-6-12-15(9)3/h5-6,8H,7H2,1-4H3. The lowest BCUT2D eigenvalue weighted by Crippen LogP contribution is -2.00. The highest BCUT2D eigenvalue weighted by atomic mass is 15.4. The Morgan fingerprint density at radius 2 is 2.00 bits per heavy atom. The van der Waals surface area contributed by atoms with E-state index in [0.29, 0.717) is 5.92 Å². The molecule has 0 unspecified atom stereocenters. The van der Waals surface area contributed by atoms with Crippen LogP contribution in [-0.4, -0.2) is 24.5 Å². The van der Waals surface area contributed by atoms with Gasteiger partial charge in [0.2, 0.25) is 0 Å². The van der Waals surface area contributed by atoms with Gasteiger partial charge in [0.05, 0.1) is 0 Å². The van der Waals surface area contributed by atoms with Crippen LogP contribution in [0.15, 0.2) is 12.3 Å². The van der Waals surface area contributed by atoms with Crippen LogP contribution >= 0.6 is 0 Å². The fraction of sp³-hybridized carbons (Fsp3) is 0.545. The summed E-state index contributed by atoms with van der Waals surface area (Å²) in [5.74, 6) is 2.34. The van der Waals surface area contributed by atoms with Gasteiger partial charge in [-0.25, -0.2) is 9.67 Å². The Hall–Kier alpha value is -1.65. The highest BCUT2D eigenvalue weighted by Gasteiger charge is 2.12. The molecule has 0 aliphatic carbocycles. The molecular formula is C11H17N5. The number of hydrogen-bond donors (Lipinski definition) is 0. The molecule has 0 radical (unpaired) electrons. The molecule has 2 rings (SSSR count). The van der Waals surface area contributed by atoms with Crippen molar-refractivity contribution in [1.82, 2.24) is 24.5 Å². The molecule has 0 atom stereocenters. The summed E-state index contributed by atoms with van der Waals surface area (Å²) in [6.07, 6.45) is 2.68. The Labute approximate surface area is 95.1 Å². The second kappa shape index (κ2) is 4.08. The van der Waals surface area contributed by atoms with Crippen LogP contribution in [0.5, 0.6) is 0 Å². The van der Waals surface area contributed by atoms with Crippen LogP contribution in [0.3, 0.4) is 0 Å². The number of hydrogen-bond acceptors (Lipinski definition) is 3. The lowest BCUT2D eigenvalue weighted by molar-refractivity contribution is 0.613. The third kappa shape index (κ3) is 1.98. The molecule has 0 saturated heterocycles. The van der Waals surface area contributed by atoms with E-state index in [9.17, 15) is 0 Å². The summed E-state index contributed by atoms with van der Waals surface area (Å²) >= 11 is 0. The average molecular weight is 219 g/mol. The van der Waals surface area contributed by atoms with Crippen molar-refractivity contribution in [1.29, 1.82) is 0 Å². The molecule has 2 heterocycles. The van der Waals surface area contributed by atoms with E-state index < -0.39 is 0 Å².